The van der Waals surface area contributed by atoms with E-state index < -0.39 is 40.7 Å². The van der Waals surface area contributed by atoms with Crippen LogP contribution in [0.3, 0.4) is 0 Å². The van der Waals surface area contributed by atoms with Crippen LogP contribution in [0.5, 0.6) is 0 Å². The average molecular weight is 315 g/mol. The highest BCUT2D eigenvalue weighted by atomic mass is 17.0. The first kappa shape index (κ1) is 15.6. The first-order valence-corrected chi connectivity index (χ1v) is 6.05. The van der Waals surface area contributed by atoms with E-state index in [2.05, 4.69) is 9.68 Å². The monoisotopic (exact) mass is 315 g/mol. The fourth-order valence-electron chi connectivity index (χ4n) is 1.66. The lowest BCUT2D eigenvalue weighted by molar-refractivity contribution is -0.797. The number of hydrogen-bond acceptors (Lipinski definition) is 8. The highest BCUT2D eigenvalue weighted by Gasteiger charge is 2.37. The molecule has 1 unspecified atom stereocenters. The molecule has 1 aromatic carbocycles. The Labute approximate surface area is 125 Å². The van der Waals surface area contributed by atoms with Crippen LogP contribution in [0.25, 0.3) is 0 Å². The molecule has 0 saturated carbocycles. The Balaban J connectivity index is 3.10. The highest BCUT2D eigenvalue weighted by Crippen LogP contribution is 2.14. The number of aliphatic hydroxyl groups excluding tert-OH is 1. The predicted octanol–water partition coefficient (Wildman–Crippen LogP) is 0.333. The smallest absolute Gasteiger partial charge is 0.295 e. The van der Waals surface area contributed by atoms with Gasteiger partial charge in [-0.3, -0.25) is 4.79 Å². The number of rotatable bonds is 9. The van der Waals surface area contributed by atoms with Gasteiger partial charge in [-0.2, -0.15) is 0 Å². The first-order valence-electron chi connectivity index (χ1n) is 6.63. The van der Waals surface area contributed by atoms with Gasteiger partial charge in [0.15, 0.2) is 18.0 Å². The van der Waals surface area contributed by atoms with E-state index in [0.29, 0.717) is 0 Å². The number of ketones is 1. The molecular weight excluding hydrogens is 300 g/mol. The van der Waals surface area contributed by atoms with Crippen LogP contribution in [-0.4, -0.2) is 39.4 Å². The van der Waals surface area contributed by atoms with Gasteiger partial charge in [-0.15, -0.1) is 20.2 Å². The van der Waals surface area contributed by atoms with E-state index in [-0.39, 0.29) is 5.56 Å². The topological polar surface area (TPSA) is 142 Å². The average Bonchev–Trinajstić information content (AvgIpc) is 2.49. The van der Waals surface area contributed by atoms with Gasteiger partial charge in [0.1, 0.15) is 0 Å². The summed E-state index contributed by atoms with van der Waals surface area (Å²) >= 11 is 0. The maximum absolute atomic E-state index is 12.3. The standard InChI is InChI=1S/C12H14N2O8/c1-8(15)11(21-13(17)18)12(22-14(19)20)10(16)7-9-5-3-2-4-6-9/h2-6,8,11-12,15H,7H2,1H3/t8-,11+,12+/m1/s1/i7D/t7?,8-,11+,12+. The van der Waals surface area contributed by atoms with Crippen molar-refractivity contribution in [1.29, 1.82) is 0 Å². The van der Waals surface area contributed by atoms with E-state index in [1.54, 1.807) is 18.2 Å². The Morgan fingerprint density at radius 1 is 1.27 bits per heavy atom. The zero-order chi connectivity index (χ0) is 17.6. The molecule has 0 aromatic heterocycles. The van der Waals surface area contributed by atoms with E-state index in [4.69, 9.17) is 1.37 Å². The van der Waals surface area contributed by atoms with Crippen LogP contribution in [0.2, 0.25) is 0 Å². The third-order valence-electron chi connectivity index (χ3n) is 2.57. The summed E-state index contributed by atoms with van der Waals surface area (Å²) in [5, 5.41) is 27.9. The van der Waals surface area contributed by atoms with Crippen LogP contribution in [0.1, 0.15) is 13.9 Å². The Morgan fingerprint density at radius 2 is 1.82 bits per heavy atom. The summed E-state index contributed by atoms with van der Waals surface area (Å²) < 4.78 is 7.85. The van der Waals surface area contributed by atoms with Crippen LogP contribution in [0.15, 0.2) is 30.3 Å². The van der Waals surface area contributed by atoms with Crippen LogP contribution in [0, 0.1) is 20.2 Å². The molecule has 0 bridgehead atoms. The second-order valence-electron chi connectivity index (χ2n) is 4.24. The lowest BCUT2D eigenvalue weighted by Crippen LogP contribution is -2.47. The number of aliphatic hydroxyl groups is 1. The molecule has 1 N–H and O–H groups in total. The summed E-state index contributed by atoms with van der Waals surface area (Å²) in [7, 11) is 0. The fourth-order valence-corrected chi connectivity index (χ4v) is 1.66. The zero-order valence-electron chi connectivity index (χ0n) is 12.4. The van der Waals surface area contributed by atoms with Crippen molar-refractivity contribution in [2.45, 2.75) is 31.6 Å². The lowest BCUT2D eigenvalue weighted by Gasteiger charge is -2.24. The molecule has 4 atom stereocenters. The molecule has 0 spiro atoms. The van der Waals surface area contributed by atoms with Gasteiger partial charge in [0.05, 0.1) is 6.10 Å². The molecule has 0 fully saturated rings. The predicted molar refractivity (Wildman–Crippen MR) is 70.6 cm³/mol. The van der Waals surface area contributed by atoms with Crippen molar-refractivity contribution in [2.75, 3.05) is 0 Å². The number of Topliss-reactive ketones (excluding diaryl/α,β-unsaturated/α-hetero) is 1. The minimum Gasteiger partial charge on any atom is -0.391 e. The van der Waals surface area contributed by atoms with Crippen molar-refractivity contribution in [3.63, 3.8) is 0 Å². The number of hydrogen-bond donors (Lipinski definition) is 1. The van der Waals surface area contributed by atoms with Gasteiger partial charge in [0, 0.05) is 7.77 Å². The van der Waals surface area contributed by atoms with Gasteiger partial charge in [-0.05, 0) is 12.5 Å². The summed E-state index contributed by atoms with van der Waals surface area (Å²) in [5.41, 5.74) is 0.208. The molecule has 1 aromatic rings. The first-order chi connectivity index (χ1) is 10.7. The van der Waals surface area contributed by atoms with E-state index in [1.807, 2.05) is 0 Å². The fraction of sp³-hybridized carbons (Fsp3) is 0.417. The quantitative estimate of drug-likeness (QED) is 0.507. The van der Waals surface area contributed by atoms with Crippen LogP contribution in [0.4, 0.5) is 0 Å². The molecule has 0 radical (unpaired) electrons. The van der Waals surface area contributed by atoms with E-state index in [9.17, 15) is 30.1 Å². The highest BCUT2D eigenvalue weighted by molar-refractivity contribution is 5.85. The Bertz CT molecular complexity index is 567. The summed E-state index contributed by atoms with van der Waals surface area (Å²) in [6.45, 7) is 1.04. The number of carbonyl (C=O) groups excluding carboxylic acids is 1. The van der Waals surface area contributed by atoms with Crippen molar-refractivity contribution in [3.05, 3.63) is 56.1 Å². The van der Waals surface area contributed by atoms with E-state index in [1.165, 1.54) is 12.1 Å². The zero-order valence-corrected chi connectivity index (χ0v) is 11.4. The number of carbonyl (C=O) groups is 1. The van der Waals surface area contributed by atoms with Crippen molar-refractivity contribution in [1.82, 2.24) is 0 Å². The molecule has 0 aliphatic heterocycles. The lowest BCUT2D eigenvalue weighted by atomic mass is 9.99. The van der Waals surface area contributed by atoms with Crippen LogP contribution in [-0.2, 0) is 20.9 Å². The van der Waals surface area contributed by atoms with E-state index >= 15 is 0 Å². The van der Waals surface area contributed by atoms with Gasteiger partial charge in [0.2, 0.25) is 0 Å². The van der Waals surface area contributed by atoms with Gasteiger partial charge < -0.3 is 14.8 Å². The molecule has 10 nitrogen and oxygen atoms in total. The maximum Gasteiger partial charge on any atom is 0.295 e. The van der Waals surface area contributed by atoms with Crippen LogP contribution < -0.4 is 0 Å². The van der Waals surface area contributed by atoms with Crippen LogP contribution >= 0.6 is 0 Å². The summed E-state index contributed by atoms with van der Waals surface area (Å²) in [6, 6.07) is 7.61. The van der Waals surface area contributed by atoms with Crippen molar-refractivity contribution < 1.29 is 31.1 Å². The molecule has 120 valence electrons. The SMILES string of the molecule is [2H]C(C(=O)[C@H](O[N+](=O)[O-])[C@@H](O[N+](=O)[O-])[C@@H](C)O)c1ccccc1. The molecule has 0 amide bonds. The molecule has 22 heavy (non-hydrogen) atoms. The third kappa shape index (κ3) is 5.32. The van der Waals surface area contributed by atoms with E-state index in [0.717, 1.165) is 6.92 Å². The van der Waals surface area contributed by atoms with Gasteiger partial charge >= 0.3 is 0 Å². The Morgan fingerprint density at radius 3 is 2.27 bits per heavy atom. The molecule has 0 heterocycles. The van der Waals surface area contributed by atoms with Gasteiger partial charge in [-0.25, -0.2) is 0 Å². The second kappa shape index (κ2) is 7.88. The molecule has 10 heteroatoms. The van der Waals surface area contributed by atoms with Crippen molar-refractivity contribution in [2.24, 2.45) is 0 Å². The number of nitrogens with zero attached hydrogens (tertiary/aromatic N) is 2. The maximum atomic E-state index is 12.3. The normalized spacial score (nSPS) is 16.5. The summed E-state index contributed by atoms with van der Waals surface area (Å²) in [6.07, 6.45) is -7.30. The van der Waals surface area contributed by atoms with Gasteiger partial charge in [0.25, 0.3) is 10.2 Å². The Kier molecular flexibility index (Phi) is 5.60. The molecule has 1 rings (SSSR count). The minimum absolute atomic E-state index is 0.208. The minimum atomic E-state index is -2.13. The molecule has 0 aliphatic rings. The largest absolute Gasteiger partial charge is 0.391 e. The molecule has 0 aliphatic carbocycles. The van der Waals surface area contributed by atoms with Crippen molar-refractivity contribution in [3.8, 4) is 0 Å². The summed E-state index contributed by atoms with van der Waals surface area (Å²) in [5.74, 6) is -1.15. The van der Waals surface area contributed by atoms with Gasteiger partial charge in [-0.1, -0.05) is 30.3 Å². The third-order valence-corrected chi connectivity index (χ3v) is 2.57. The van der Waals surface area contributed by atoms with Crippen molar-refractivity contribution >= 4 is 5.78 Å². The summed E-state index contributed by atoms with van der Waals surface area (Å²) in [4.78, 5) is 41.5. The molecular formula is C12H14N2O8. The number of benzene rings is 1. The molecule has 0 saturated heterocycles. The Hall–Kier alpha value is -2.75. The second-order valence-corrected chi connectivity index (χ2v) is 4.24.